The van der Waals surface area contributed by atoms with Crippen molar-refractivity contribution in [1.29, 1.82) is 0 Å². The summed E-state index contributed by atoms with van der Waals surface area (Å²) in [7, 11) is 1.62. The number of nitrogens with one attached hydrogen (secondary N) is 1. The molecule has 1 aromatic heterocycles. The summed E-state index contributed by atoms with van der Waals surface area (Å²) in [6, 6.07) is 13.2. The Labute approximate surface area is 136 Å². The molecule has 0 bridgehead atoms. The van der Waals surface area contributed by atoms with Crippen molar-refractivity contribution in [1.82, 2.24) is 5.32 Å². The van der Waals surface area contributed by atoms with Crippen molar-refractivity contribution >= 4 is 32.6 Å². The summed E-state index contributed by atoms with van der Waals surface area (Å²) in [4.78, 5) is 12.0. The fraction of sp³-hybridized carbons (Fsp3) is 0.118. The molecule has 112 valence electrons. The number of hydrogen-bond acceptors (Lipinski definition) is 3. The smallest absolute Gasteiger partial charge is 0.287 e. The van der Waals surface area contributed by atoms with Crippen molar-refractivity contribution in [3.8, 4) is 5.75 Å². The van der Waals surface area contributed by atoms with Crippen LogP contribution in [0.3, 0.4) is 0 Å². The standard InChI is InChI=1S/C17H14BrNO3/c1-21-15-7-4-11-9-12(18)5-6-13(11)14(15)10-19-17(20)16-3-2-8-22-16/h2-9H,10H2,1H3,(H,19,20). The molecule has 2 aromatic carbocycles. The first-order valence-electron chi connectivity index (χ1n) is 6.76. The van der Waals surface area contributed by atoms with Crippen LogP contribution in [-0.4, -0.2) is 13.0 Å². The van der Waals surface area contributed by atoms with Crippen LogP contribution in [0.4, 0.5) is 0 Å². The fourth-order valence-corrected chi connectivity index (χ4v) is 2.76. The van der Waals surface area contributed by atoms with Crippen molar-refractivity contribution in [3.05, 3.63) is 64.5 Å². The van der Waals surface area contributed by atoms with E-state index >= 15 is 0 Å². The van der Waals surface area contributed by atoms with Crippen LogP contribution in [0.5, 0.6) is 5.75 Å². The zero-order valence-electron chi connectivity index (χ0n) is 11.9. The van der Waals surface area contributed by atoms with Crippen molar-refractivity contribution < 1.29 is 13.9 Å². The highest BCUT2D eigenvalue weighted by Gasteiger charge is 2.12. The van der Waals surface area contributed by atoms with E-state index in [2.05, 4.69) is 21.2 Å². The Bertz CT molecular complexity index is 812. The molecule has 22 heavy (non-hydrogen) atoms. The zero-order chi connectivity index (χ0) is 15.5. The second-order valence-electron chi connectivity index (χ2n) is 4.77. The highest BCUT2D eigenvalue weighted by molar-refractivity contribution is 9.10. The summed E-state index contributed by atoms with van der Waals surface area (Å²) in [6.07, 6.45) is 1.48. The number of rotatable bonds is 4. The molecule has 0 radical (unpaired) electrons. The maximum absolute atomic E-state index is 12.0. The highest BCUT2D eigenvalue weighted by Crippen LogP contribution is 2.30. The second kappa shape index (κ2) is 6.23. The average molecular weight is 360 g/mol. The summed E-state index contributed by atoms with van der Waals surface area (Å²) < 4.78 is 11.5. The largest absolute Gasteiger partial charge is 0.496 e. The lowest BCUT2D eigenvalue weighted by Gasteiger charge is -2.13. The third-order valence-corrected chi connectivity index (χ3v) is 3.93. The number of benzene rings is 2. The molecule has 1 heterocycles. The lowest BCUT2D eigenvalue weighted by molar-refractivity contribution is 0.0923. The molecule has 0 spiro atoms. The number of amides is 1. The molecule has 0 aliphatic heterocycles. The molecule has 0 fully saturated rings. The minimum atomic E-state index is -0.249. The van der Waals surface area contributed by atoms with Crippen LogP contribution in [0.25, 0.3) is 10.8 Å². The van der Waals surface area contributed by atoms with Gasteiger partial charge in [0, 0.05) is 16.6 Å². The normalized spacial score (nSPS) is 10.6. The van der Waals surface area contributed by atoms with Crippen LogP contribution in [0, 0.1) is 0 Å². The van der Waals surface area contributed by atoms with Crippen LogP contribution in [0.1, 0.15) is 16.1 Å². The van der Waals surface area contributed by atoms with Crippen LogP contribution < -0.4 is 10.1 Å². The van der Waals surface area contributed by atoms with Gasteiger partial charge in [-0.2, -0.15) is 0 Å². The number of furan rings is 1. The van der Waals surface area contributed by atoms with Gasteiger partial charge < -0.3 is 14.5 Å². The zero-order valence-corrected chi connectivity index (χ0v) is 13.5. The molecular weight excluding hydrogens is 346 g/mol. The number of carbonyl (C=O) groups is 1. The van der Waals surface area contributed by atoms with Crippen LogP contribution in [0.2, 0.25) is 0 Å². The van der Waals surface area contributed by atoms with Gasteiger partial charge in [0.25, 0.3) is 5.91 Å². The van der Waals surface area contributed by atoms with Gasteiger partial charge in [-0.05, 0) is 41.1 Å². The number of ether oxygens (including phenoxy) is 1. The highest BCUT2D eigenvalue weighted by atomic mass is 79.9. The molecule has 3 rings (SSSR count). The van der Waals surface area contributed by atoms with Gasteiger partial charge in [-0.1, -0.05) is 28.1 Å². The van der Waals surface area contributed by atoms with Crippen molar-refractivity contribution in [2.45, 2.75) is 6.54 Å². The molecule has 0 aliphatic rings. The molecule has 0 atom stereocenters. The molecule has 0 saturated heterocycles. The van der Waals surface area contributed by atoms with Gasteiger partial charge in [-0.15, -0.1) is 0 Å². The summed E-state index contributed by atoms with van der Waals surface area (Å²) in [5.41, 5.74) is 0.937. The van der Waals surface area contributed by atoms with Gasteiger partial charge in [0.1, 0.15) is 5.75 Å². The van der Waals surface area contributed by atoms with Gasteiger partial charge in [0.2, 0.25) is 0 Å². The van der Waals surface area contributed by atoms with E-state index in [0.29, 0.717) is 12.3 Å². The Balaban J connectivity index is 1.93. The van der Waals surface area contributed by atoms with Crippen LogP contribution in [0.15, 0.2) is 57.6 Å². The Morgan fingerprint density at radius 1 is 1.27 bits per heavy atom. The Morgan fingerprint density at radius 2 is 2.14 bits per heavy atom. The predicted molar refractivity (Wildman–Crippen MR) is 88.1 cm³/mol. The third-order valence-electron chi connectivity index (χ3n) is 3.44. The topological polar surface area (TPSA) is 51.5 Å². The second-order valence-corrected chi connectivity index (χ2v) is 5.69. The first-order valence-corrected chi connectivity index (χ1v) is 7.55. The lowest BCUT2D eigenvalue weighted by atomic mass is 10.0. The lowest BCUT2D eigenvalue weighted by Crippen LogP contribution is -2.22. The minimum absolute atomic E-state index is 0.249. The monoisotopic (exact) mass is 359 g/mol. The number of methoxy groups -OCH3 is 1. The molecular formula is C17H14BrNO3. The van der Waals surface area contributed by atoms with E-state index in [4.69, 9.17) is 9.15 Å². The Morgan fingerprint density at radius 3 is 2.86 bits per heavy atom. The van der Waals surface area contributed by atoms with E-state index < -0.39 is 0 Å². The predicted octanol–water partition coefficient (Wildman–Crippen LogP) is 4.13. The molecule has 1 N–H and O–H groups in total. The van der Waals surface area contributed by atoms with Crippen LogP contribution in [-0.2, 0) is 6.54 Å². The van der Waals surface area contributed by atoms with E-state index in [0.717, 1.165) is 26.6 Å². The molecule has 0 aliphatic carbocycles. The van der Waals surface area contributed by atoms with E-state index in [1.54, 1.807) is 19.2 Å². The molecule has 1 amide bonds. The van der Waals surface area contributed by atoms with Crippen molar-refractivity contribution in [2.24, 2.45) is 0 Å². The molecule has 0 saturated carbocycles. The number of carbonyl (C=O) groups excluding carboxylic acids is 1. The fourth-order valence-electron chi connectivity index (χ4n) is 2.38. The van der Waals surface area contributed by atoms with Gasteiger partial charge in [-0.25, -0.2) is 0 Å². The first kappa shape index (κ1) is 14.7. The summed E-state index contributed by atoms with van der Waals surface area (Å²) in [5.74, 6) is 0.790. The van der Waals surface area contributed by atoms with E-state index in [9.17, 15) is 4.79 Å². The maximum atomic E-state index is 12.0. The first-order chi connectivity index (χ1) is 10.7. The third kappa shape index (κ3) is 2.85. The molecule has 3 aromatic rings. The summed E-state index contributed by atoms with van der Waals surface area (Å²) in [5, 5.41) is 4.98. The number of hydrogen-bond donors (Lipinski definition) is 1. The van der Waals surface area contributed by atoms with E-state index in [1.165, 1.54) is 6.26 Å². The Kier molecular flexibility index (Phi) is 4.15. The molecule has 0 unspecified atom stereocenters. The van der Waals surface area contributed by atoms with Crippen molar-refractivity contribution in [3.63, 3.8) is 0 Å². The maximum Gasteiger partial charge on any atom is 0.287 e. The van der Waals surface area contributed by atoms with Crippen molar-refractivity contribution in [2.75, 3.05) is 7.11 Å². The molecule has 5 heteroatoms. The number of halogens is 1. The summed E-state index contributed by atoms with van der Waals surface area (Å²) >= 11 is 3.47. The van der Waals surface area contributed by atoms with Gasteiger partial charge in [-0.3, -0.25) is 4.79 Å². The summed E-state index contributed by atoms with van der Waals surface area (Å²) in [6.45, 7) is 0.363. The van der Waals surface area contributed by atoms with E-state index in [-0.39, 0.29) is 5.91 Å². The Hall–Kier alpha value is -2.27. The quantitative estimate of drug-likeness (QED) is 0.761. The van der Waals surface area contributed by atoms with E-state index in [1.807, 2.05) is 30.3 Å². The van der Waals surface area contributed by atoms with Gasteiger partial charge in [0.15, 0.2) is 5.76 Å². The SMILES string of the molecule is COc1ccc2cc(Br)ccc2c1CNC(=O)c1ccco1. The molecule has 4 nitrogen and oxygen atoms in total. The minimum Gasteiger partial charge on any atom is -0.496 e. The number of fused-ring (bicyclic) bond motifs is 1. The average Bonchev–Trinajstić information content (AvgIpc) is 3.06. The van der Waals surface area contributed by atoms with Crippen LogP contribution >= 0.6 is 15.9 Å². The van der Waals surface area contributed by atoms with Gasteiger partial charge >= 0.3 is 0 Å². The van der Waals surface area contributed by atoms with Gasteiger partial charge in [0.05, 0.1) is 13.4 Å².